The Labute approximate surface area is 184 Å². The van der Waals surface area contributed by atoms with E-state index in [2.05, 4.69) is 27.5 Å². The van der Waals surface area contributed by atoms with E-state index in [9.17, 15) is 20.0 Å². The van der Waals surface area contributed by atoms with Crippen LogP contribution in [0.2, 0.25) is 0 Å². The molecule has 2 aromatic carbocycles. The van der Waals surface area contributed by atoms with Gasteiger partial charge >= 0.3 is 0 Å². The Balaban J connectivity index is 2.16. The second kappa shape index (κ2) is 11.6. The number of aliphatic hydroxyl groups excluding tert-OH is 1. The van der Waals surface area contributed by atoms with Crippen molar-refractivity contribution >= 4 is 27.6 Å². The van der Waals surface area contributed by atoms with Crippen molar-refractivity contribution in [2.75, 3.05) is 11.9 Å². The highest BCUT2D eigenvalue weighted by Gasteiger charge is 2.36. The second-order valence-corrected chi connectivity index (χ2v) is 7.77. The van der Waals surface area contributed by atoms with Gasteiger partial charge in [-0.05, 0) is 43.4 Å². The molecule has 0 saturated heterocycles. The number of nitriles is 1. The number of rotatable bonds is 11. The molecule has 1 unspecified atom stereocenters. The Morgan fingerprint density at radius 2 is 1.83 bits per heavy atom. The lowest BCUT2D eigenvalue weighted by Gasteiger charge is -2.35. The predicted molar refractivity (Wildman–Crippen MR) is 117 cm³/mol. The topological polar surface area (TPSA) is 99.4 Å². The minimum Gasteiger partial charge on any atom is -0.396 e. The number of benzene rings is 2. The standard InChI is InChI=1S/C23H25BrN2O4/c1-23(12-13-25,30-26-22(29)19-5-3-2-4-6-19)20(11-14-27)15-17-7-9-18(10-8-17)21(28)16-24/h2-10,20,27H,11-12,14-16H2,1H3,(H,26,29)/t20-,23?/m1/s1. The van der Waals surface area contributed by atoms with Crippen LogP contribution in [-0.2, 0) is 11.3 Å². The number of halogens is 1. The molecule has 0 aliphatic carbocycles. The lowest BCUT2D eigenvalue weighted by atomic mass is 9.80. The van der Waals surface area contributed by atoms with Crippen molar-refractivity contribution in [3.8, 4) is 6.07 Å². The Kier molecular flexibility index (Phi) is 9.18. The summed E-state index contributed by atoms with van der Waals surface area (Å²) in [5, 5.41) is 19.2. The SMILES string of the molecule is CC(CC#N)(ONC(=O)c1ccccc1)[C@H](CCO)Cc1ccc(C(=O)CBr)cc1. The maximum Gasteiger partial charge on any atom is 0.274 e. The summed E-state index contributed by atoms with van der Waals surface area (Å²) in [7, 11) is 0. The van der Waals surface area contributed by atoms with E-state index in [0.717, 1.165) is 5.56 Å². The average molecular weight is 473 g/mol. The molecule has 2 aromatic rings. The first kappa shape index (κ1) is 23.7. The third-order valence-electron chi connectivity index (χ3n) is 5.06. The molecule has 6 nitrogen and oxygen atoms in total. The molecule has 2 atom stereocenters. The van der Waals surface area contributed by atoms with Gasteiger partial charge in [0.1, 0.15) is 5.60 Å². The van der Waals surface area contributed by atoms with Gasteiger partial charge in [-0.2, -0.15) is 5.26 Å². The molecular weight excluding hydrogens is 448 g/mol. The van der Waals surface area contributed by atoms with Crippen LogP contribution in [0.5, 0.6) is 0 Å². The fourth-order valence-electron chi connectivity index (χ4n) is 3.20. The van der Waals surface area contributed by atoms with Crippen molar-refractivity contribution in [2.24, 2.45) is 5.92 Å². The zero-order chi connectivity index (χ0) is 22.0. The summed E-state index contributed by atoms with van der Waals surface area (Å²) in [5.74, 6) is -0.647. The molecule has 0 spiro atoms. The lowest BCUT2D eigenvalue weighted by Crippen LogP contribution is -2.45. The molecule has 2 N–H and O–H groups in total. The largest absolute Gasteiger partial charge is 0.396 e. The Hall–Kier alpha value is -2.53. The van der Waals surface area contributed by atoms with Crippen molar-refractivity contribution in [3.05, 3.63) is 71.3 Å². The van der Waals surface area contributed by atoms with E-state index in [1.807, 2.05) is 18.2 Å². The summed E-state index contributed by atoms with van der Waals surface area (Å²) >= 11 is 3.16. The zero-order valence-corrected chi connectivity index (χ0v) is 18.4. The number of hydroxylamine groups is 1. The maximum atomic E-state index is 12.4. The van der Waals surface area contributed by atoms with Crippen molar-refractivity contribution in [3.63, 3.8) is 0 Å². The van der Waals surface area contributed by atoms with E-state index in [0.29, 0.717) is 24.0 Å². The number of aliphatic hydroxyl groups is 1. The summed E-state index contributed by atoms with van der Waals surface area (Å²) in [6, 6.07) is 18.0. The lowest BCUT2D eigenvalue weighted by molar-refractivity contribution is -0.116. The molecule has 2 rings (SSSR count). The number of alkyl halides is 1. The molecule has 0 aliphatic heterocycles. The van der Waals surface area contributed by atoms with Crippen LogP contribution < -0.4 is 5.48 Å². The Morgan fingerprint density at radius 1 is 1.17 bits per heavy atom. The number of amides is 1. The Morgan fingerprint density at radius 3 is 2.40 bits per heavy atom. The van der Waals surface area contributed by atoms with Crippen LogP contribution in [0.25, 0.3) is 0 Å². The molecule has 30 heavy (non-hydrogen) atoms. The van der Waals surface area contributed by atoms with Crippen LogP contribution in [-0.4, -0.2) is 34.3 Å². The number of hydrogen-bond donors (Lipinski definition) is 2. The van der Waals surface area contributed by atoms with Crippen molar-refractivity contribution in [1.29, 1.82) is 5.26 Å². The van der Waals surface area contributed by atoms with Gasteiger partial charge in [-0.15, -0.1) is 0 Å². The molecule has 0 heterocycles. The van der Waals surface area contributed by atoms with Gasteiger partial charge in [-0.1, -0.05) is 58.4 Å². The van der Waals surface area contributed by atoms with Crippen molar-refractivity contribution in [1.82, 2.24) is 5.48 Å². The van der Waals surface area contributed by atoms with Gasteiger partial charge in [0.2, 0.25) is 0 Å². The van der Waals surface area contributed by atoms with Gasteiger partial charge in [-0.25, -0.2) is 5.48 Å². The molecule has 0 aliphatic rings. The number of carbonyl (C=O) groups excluding carboxylic acids is 2. The highest BCUT2D eigenvalue weighted by molar-refractivity contribution is 9.09. The summed E-state index contributed by atoms with van der Waals surface area (Å²) in [6.45, 7) is 1.67. The molecule has 7 heteroatoms. The van der Waals surface area contributed by atoms with E-state index >= 15 is 0 Å². The molecule has 158 valence electrons. The number of ketones is 1. The molecule has 0 bridgehead atoms. The van der Waals surface area contributed by atoms with E-state index < -0.39 is 11.5 Å². The molecular formula is C23H25BrN2O4. The van der Waals surface area contributed by atoms with Crippen LogP contribution >= 0.6 is 15.9 Å². The number of carbonyl (C=O) groups is 2. The number of nitrogens with one attached hydrogen (secondary N) is 1. The zero-order valence-electron chi connectivity index (χ0n) is 16.8. The first-order valence-electron chi connectivity index (χ1n) is 9.63. The predicted octanol–water partition coefficient (Wildman–Crippen LogP) is 3.84. The molecule has 0 aromatic heterocycles. The molecule has 0 fully saturated rings. The summed E-state index contributed by atoms with van der Waals surface area (Å²) in [4.78, 5) is 29.9. The van der Waals surface area contributed by atoms with Gasteiger partial charge in [0.15, 0.2) is 5.78 Å². The van der Waals surface area contributed by atoms with Gasteiger partial charge in [-0.3, -0.25) is 14.4 Å². The molecule has 1 amide bonds. The maximum absolute atomic E-state index is 12.4. The molecule has 0 radical (unpaired) electrons. The highest BCUT2D eigenvalue weighted by Crippen LogP contribution is 2.31. The minimum absolute atomic E-state index is 0.00488. The quantitative estimate of drug-likeness (QED) is 0.294. The summed E-state index contributed by atoms with van der Waals surface area (Å²) in [6.07, 6.45) is 0.942. The third-order valence-corrected chi connectivity index (χ3v) is 5.57. The first-order valence-corrected chi connectivity index (χ1v) is 10.7. The van der Waals surface area contributed by atoms with Crippen LogP contribution in [0, 0.1) is 17.2 Å². The van der Waals surface area contributed by atoms with Crippen molar-refractivity contribution in [2.45, 2.75) is 31.8 Å². The number of hydrogen-bond acceptors (Lipinski definition) is 5. The van der Waals surface area contributed by atoms with Crippen LogP contribution in [0.1, 0.15) is 46.0 Å². The van der Waals surface area contributed by atoms with Gasteiger partial charge in [0.25, 0.3) is 5.91 Å². The highest BCUT2D eigenvalue weighted by atomic mass is 79.9. The van der Waals surface area contributed by atoms with Crippen LogP contribution in [0.4, 0.5) is 0 Å². The Bertz CT molecular complexity index is 880. The van der Waals surface area contributed by atoms with Crippen molar-refractivity contribution < 1.29 is 19.5 Å². The normalized spacial score (nSPS) is 13.7. The van der Waals surface area contributed by atoms with E-state index in [1.54, 1.807) is 43.3 Å². The second-order valence-electron chi connectivity index (χ2n) is 7.21. The van der Waals surface area contributed by atoms with E-state index in [-0.39, 0.29) is 30.1 Å². The third kappa shape index (κ3) is 6.49. The van der Waals surface area contributed by atoms with Gasteiger partial charge < -0.3 is 5.11 Å². The minimum atomic E-state index is -1.01. The fourth-order valence-corrected chi connectivity index (χ4v) is 3.52. The smallest absolute Gasteiger partial charge is 0.274 e. The van der Waals surface area contributed by atoms with E-state index in [4.69, 9.17) is 4.84 Å². The summed E-state index contributed by atoms with van der Waals surface area (Å²) < 4.78 is 0. The summed E-state index contributed by atoms with van der Waals surface area (Å²) in [5.41, 5.74) is 3.46. The van der Waals surface area contributed by atoms with Crippen LogP contribution in [0.3, 0.4) is 0 Å². The number of nitrogens with zero attached hydrogens (tertiary/aromatic N) is 1. The molecule has 0 saturated carbocycles. The average Bonchev–Trinajstić information content (AvgIpc) is 2.78. The van der Waals surface area contributed by atoms with Gasteiger partial charge in [0, 0.05) is 17.7 Å². The van der Waals surface area contributed by atoms with E-state index in [1.165, 1.54) is 0 Å². The van der Waals surface area contributed by atoms with Crippen LogP contribution in [0.15, 0.2) is 54.6 Å². The van der Waals surface area contributed by atoms with Gasteiger partial charge in [0.05, 0.1) is 17.8 Å². The fraction of sp³-hybridized carbons (Fsp3) is 0.348. The monoisotopic (exact) mass is 472 g/mol. The first-order chi connectivity index (χ1) is 14.4. The number of Topliss-reactive ketones (excluding diaryl/α,β-unsaturated/α-hetero) is 1.